The number of halogens is 2. The normalized spacial score (nSPS) is 9.83. The van der Waals surface area contributed by atoms with Gasteiger partial charge in [0.1, 0.15) is 17.5 Å². The maximum Gasteiger partial charge on any atom is 0.244 e. The average molecular weight is 280 g/mol. The summed E-state index contributed by atoms with van der Waals surface area (Å²) in [4.78, 5) is 3.96. The van der Waals surface area contributed by atoms with Gasteiger partial charge < -0.3 is 10.5 Å². The summed E-state index contributed by atoms with van der Waals surface area (Å²) >= 11 is 11.7. The number of ether oxygens (including phenoxy) is 1. The number of nitriles is 1. The molecule has 0 aliphatic carbocycles. The van der Waals surface area contributed by atoms with E-state index < -0.39 is 0 Å². The summed E-state index contributed by atoms with van der Waals surface area (Å²) in [6, 6.07) is 8.19. The minimum atomic E-state index is 0.146. The van der Waals surface area contributed by atoms with Crippen LogP contribution in [0.5, 0.6) is 11.6 Å². The van der Waals surface area contributed by atoms with Crippen LogP contribution in [0.4, 0.5) is 5.69 Å². The predicted molar refractivity (Wildman–Crippen MR) is 69.9 cm³/mol. The summed E-state index contributed by atoms with van der Waals surface area (Å²) in [7, 11) is 0. The van der Waals surface area contributed by atoms with Crippen LogP contribution in [0, 0.1) is 11.3 Å². The van der Waals surface area contributed by atoms with Crippen molar-refractivity contribution in [3.8, 4) is 17.7 Å². The quantitative estimate of drug-likeness (QED) is 0.911. The van der Waals surface area contributed by atoms with E-state index in [4.69, 9.17) is 38.9 Å². The summed E-state index contributed by atoms with van der Waals surface area (Å²) < 4.78 is 5.46. The number of nitrogen functional groups attached to an aromatic ring is 1. The molecule has 2 N–H and O–H groups in total. The third-order valence-electron chi connectivity index (χ3n) is 2.12. The number of pyridine rings is 1. The molecule has 0 fully saturated rings. The molecule has 6 heteroatoms. The number of benzene rings is 1. The first-order chi connectivity index (χ1) is 8.60. The van der Waals surface area contributed by atoms with Crippen LogP contribution in [-0.4, -0.2) is 4.98 Å². The second kappa shape index (κ2) is 5.13. The van der Waals surface area contributed by atoms with Crippen LogP contribution in [0.3, 0.4) is 0 Å². The van der Waals surface area contributed by atoms with Crippen LogP contribution in [0.25, 0.3) is 0 Å². The zero-order chi connectivity index (χ0) is 13.1. The van der Waals surface area contributed by atoms with Gasteiger partial charge in [-0.1, -0.05) is 23.2 Å². The Morgan fingerprint density at radius 2 is 1.89 bits per heavy atom. The van der Waals surface area contributed by atoms with Gasteiger partial charge in [-0.05, 0) is 24.3 Å². The highest BCUT2D eigenvalue weighted by Gasteiger charge is 2.09. The van der Waals surface area contributed by atoms with Crippen molar-refractivity contribution in [2.24, 2.45) is 0 Å². The van der Waals surface area contributed by atoms with Crippen molar-refractivity contribution in [3.05, 3.63) is 46.1 Å². The molecule has 0 spiro atoms. The third-order valence-corrected chi connectivity index (χ3v) is 2.56. The molecule has 2 rings (SSSR count). The molecule has 0 aliphatic rings. The topological polar surface area (TPSA) is 71.9 Å². The van der Waals surface area contributed by atoms with Gasteiger partial charge >= 0.3 is 0 Å². The lowest BCUT2D eigenvalue weighted by Gasteiger charge is -2.08. The lowest BCUT2D eigenvalue weighted by Crippen LogP contribution is -1.97. The van der Waals surface area contributed by atoms with Crippen molar-refractivity contribution >= 4 is 28.9 Å². The van der Waals surface area contributed by atoms with E-state index in [2.05, 4.69) is 4.98 Å². The molecule has 0 unspecified atom stereocenters. The van der Waals surface area contributed by atoms with E-state index in [0.717, 1.165) is 0 Å². The van der Waals surface area contributed by atoms with E-state index in [1.807, 2.05) is 6.07 Å². The average Bonchev–Trinajstić information content (AvgIpc) is 2.30. The fourth-order valence-corrected chi connectivity index (χ4v) is 1.84. The number of nitrogens with zero attached hydrogens (tertiary/aromatic N) is 2. The zero-order valence-corrected chi connectivity index (χ0v) is 10.5. The van der Waals surface area contributed by atoms with Crippen LogP contribution >= 0.6 is 23.2 Å². The molecule has 0 bridgehead atoms. The first-order valence-electron chi connectivity index (χ1n) is 4.88. The van der Waals surface area contributed by atoms with E-state index in [1.54, 1.807) is 18.2 Å². The number of anilines is 1. The van der Waals surface area contributed by atoms with Crippen molar-refractivity contribution in [2.75, 3.05) is 5.73 Å². The van der Waals surface area contributed by atoms with Crippen LogP contribution in [0.15, 0.2) is 30.5 Å². The van der Waals surface area contributed by atoms with Crippen LogP contribution in [0.2, 0.25) is 10.0 Å². The van der Waals surface area contributed by atoms with Crippen molar-refractivity contribution in [1.82, 2.24) is 4.98 Å². The number of nitrogens with two attached hydrogens (primary N) is 1. The molecule has 4 nitrogen and oxygen atoms in total. The lowest BCUT2D eigenvalue weighted by molar-refractivity contribution is 0.465. The summed E-state index contributed by atoms with van der Waals surface area (Å²) in [5.41, 5.74) is 6.22. The highest BCUT2D eigenvalue weighted by molar-refractivity contribution is 6.34. The van der Waals surface area contributed by atoms with Gasteiger partial charge in [-0.25, -0.2) is 4.98 Å². The monoisotopic (exact) mass is 279 g/mol. The number of rotatable bonds is 2. The molecule has 0 saturated heterocycles. The molecule has 1 aromatic carbocycles. The van der Waals surface area contributed by atoms with Crippen LogP contribution in [0.1, 0.15) is 5.56 Å². The van der Waals surface area contributed by atoms with Gasteiger partial charge in [-0.15, -0.1) is 0 Å². The Balaban J connectivity index is 2.37. The molecule has 0 radical (unpaired) electrons. The van der Waals surface area contributed by atoms with E-state index in [-0.39, 0.29) is 11.6 Å². The maximum atomic E-state index is 8.84. The van der Waals surface area contributed by atoms with Gasteiger partial charge in [0.05, 0.1) is 5.56 Å². The standard InChI is InChI=1S/C12H7Cl2N3O/c13-8-3-9(14)5-10(4-8)18-12-11(16)7(6-15)1-2-17-12/h1-5H,16H2. The Morgan fingerprint density at radius 1 is 1.22 bits per heavy atom. The van der Waals surface area contributed by atoms with E-state index >= 15 is 0 Å². The SMILES string of the molecule is N#Cc1ccnc(Oc2cc(Cl)cc(Cl)c2)c1N. The predicted octanol–water partition coefficient (Wildman–Crippen LogP) is 3.63. The summed E-state index contributed by atoms with van der Waals surface area (Å²) in [5, 5.41) is 9.72. The summed E-state index contributed by atoms with van der Waals surface area (Å²) in [6.45, 7) is 0. The Kier molecular flexibility index (Phi) is 3.56. The van der Waals surface area contributed by atoms with E-state index in [1.165, 1.54) is 12.3 Å². The van der Waals surface area contributed by atoms with E-state index in [0.29, 0.717) is 21.4 Å². The minimum absolute atomic E-state index is 0.146. The fourth-order valence-electron chi connectivity index (χ4n) is 1.33. The zero-order valence-electron chi connectivity index (χ0n) is 9.02. The van der Waals surface area contributed by atoms with Crippen molar-refractivity contribution in [1.29, 1.82) is 5.26 Å². The summed E-state index contributed by atoms with van der Waals surface area (Å²) in [5.74, 6) is 0.550. The summed E-state index contributed by atoms with van der Waals surface area (Å²) in [6.07, 6.45) is 1.44. The van der Waals surface area contributed by atoms with Gasteiger partial charge in [0.15, 0.2) is 0 Å². The fraction of sp³-hybridized carbons (Fsp3) is 0. The first kappa shape index (κ1) is 12.5. The van der Waals surface area contributed by atoms with Crippen molar-refractivity contribution in [2.45, 2.75) is 0 Å². The molecule has 0 atom stereocenters. The molecular weight excluding hydrogens is 273 g/mol. The number of aromatic nitrogens is 1. The highest BCUT2D eigenvalue weighted by Crippen LogP contribution is 2.30. The van der Waals surface area contributed by atoms with Crippen LogP contribution < -0.4 is 10.5 Å². The third kappa shape index (κ3) is 2.65. The second-order valence-corrected chi connectivity index (χ2v) is 4.27. The van der Waals surface area contributed by atoms with E-state index in [9.17, 15) is 0 Å². The molecule has 1 heterocycles. The Labute approximate surface area is 114 Å². The molecular formula is C12H7Cl2N3O. The van der Waals surface area contributed by atoms with Crippen molar-refractivity contribution < 1.29 is 4.74 Å². The largest absolute Gasteiger partial charge is 0.437 e. The Hall–Kier alpha value is -1.96. The number of hydrogen-bond acceptors (Lipinski definition) is 4. The van der Waals surface area contributed by atoms with Crippen molar-refractivity contribution in [3.63, 3.8) is 0 Å². The molecule has 18 heavy (non-hydrogen) atoms. The smallest absolute Gasteiger partial charge is 0.244 e. The molecule has 0 amide bonds. The molecule has 0 aliphatic heterocycles. The van der Waals surface area contributed by atoms with Gasteiger partial charge in [-0.2, -0.15) is 5.26 Å². The molecule has 0 saturated carbocycles. The second-order valence-electron chi connectivity index (χ2n) is 3.40. The van der Waals surface area contributed by atoms with Gasteiger partial charge in [0.25, 0.3) is 0 Å². The first-order valence-corrected chi connectivity index (χ1v) is 5.64. The Bertz CT molecular complexity index is 617. The number of hydrogen-bond donors (Lipinski definition) is 1. The molecule has 90 valence electrons. The molecule has 1 aromatic heterocycles. The van der Waals surface area contributed by atoms with Gasteiger partial charge in [0, 0.05) is 16.2 Å². The Morgan fingerprint density at radius 3 is 2.50 bits per heavy atom. The maximum absolute atomic E-state index is 8.84. The minimum Gasteiger partial charge on any atom is -0.437 e. The van der Waals surface area contributed by atoms with Crippen LogP contribution in [-0.2, 0) is 0 Å². The molecule has 2 aromatic rings. The van der Waals surface area contributed by atoms with Gasteiger partial charge in [0.2, 0.25) is 5.88 Å². The van der Waals surface area contributed by atoms with Gasteiger partial charge in [-0.3, -0.25) is 0 Å². The lowest BCUT2D eigenvalue weighted by atomic mass is 10.2. The highest BCUT2D eigenvalue weighted by atomic mass is 35.5.